The highest BCUT2D eigenvalue weighted by molar-refractivity contribution is 8.77. The van der Waals surface area contributed by atoms with E-state index in [1.54, 1.807) is 21.6 Å². The summed E-state index contributed by atoms with van der Waals surface area (Å²) in [6.07, 6.45) is 0. The summed E-state index contributed by atoms with van der Waals surface area (Å²) in [4.78, 5) is -0.206. The molecule has 0 aromatic heterocycles. The first-order chi connectivity index (χ1) is 10.5. The van der Waals surface area contributed by atoms with E-state index in [9.17, 15) is 0 Å². The van der Waals surface area contributed by atoms with E-state index < -0.39 is 0 Å². The summed E-state index contributed by atoms with van der Waals surface area (Å²) in [6.45, 7) is 16.7. The van der Waals surface area contributed by atoms with Gasteiger partial charge in [-0.25, -0.2) is 0 Å². The van der Waals surface area contributed by atoms with Gasteiger partial charge in [0.2, 0.25) is 0 Å². The quantitative estimate of drug-likeness (QED) is 0.169. The number of hydrogen-bond donors (Lipinski definition) is 0. The molecule has 148 valence electrons. The zero-order valence-electron chi connectivity index (χ0n) is 16.0. The highest BCUT2D eigenvalue weighted by Crippen LogP contribution is 2.44. The van der Waals surface area contributed by atoms with E-state index in [2.05, 4.69) is 27.7 Å². The lowest BCUT2D eigenvalue weighted by molar-refractivity contribution is 0.799. The third-order valence-electron chi connectivity index (χ3n) is 2.02. The van der Waals surface area contributed by atoms with Gasteiger partial charge in [0.05, 0.1) is 0 Å². The van der Waals surface area contributed by atoms with Crippen molar-refractivity contribution in [1.82, 2.24) is 0 Å². The first kappa shape index (κ1) is 28.8. The summed E-state index contributed by atoms with van der Waals surface area (Å²) in [6, 6.07) is 0. The van der Waals surface area contributed by atoms with Crippen LogP contribution in [0.1, 0.15) is 55.4 Å². The van der Waals surface area contributed by atoms with E-state index in [0.29, 0.717) is 11.8 Å². The van der Waals surface area contributed by atoms with Crippen LogP contribution in [0.15, 0.2) is 0 Å². The first-order valence-corrected chi connectivity index (χ1v) is 14.1. The molecule has 0 N–H and O–H groups in total. The van der Waals surface area contributed by atoms with Crippen molar-refractivity contribution in [1.29, 1.82) is 0 Å². The molecule has 0 heterocycles. The summed E-state index contributed by atoms with van der Waals surface area (Å²) >= 11 is 23.6. The van der Waals surface area contributed by atoms with E-state index in [1.165, 1.54) is 0 Å². The Balaban J connectivity index is 0. The van der Waals surface area contributed by atoms with E-state index in [1.807, 2.05) is 49.3 Å². The Labute approximate surface area is 186 Å². The molecule has 0 bridgehead atoms. The summed E-state index contributed by atoms with van der Waals surface area (Å²) in [5.74, 6) is 3.24. The maximum absolute atomic E-state index is 6.02. The standard InChI is InChI=1S/2C8H16Cl2S2/c1-7(2,9)5-11-12-6-8(3,4)10;1-7(2,5-9)11-12-8(3,4)6-10/h2*5-6H2,1-4H3. The van der Waals surface area contributed by atoms with Gasteiger partial charge in [0.1, 0.15) is 0 Å². The molecule has 0 rings (SSSR count). The van der Waals surface area contributed by atoms with Crippen molar-refractivity contribution in [3.8, 4) is 0 Å². The lowest BCUT2D eigenvalue weighted by Gasteiger charge is -2.26. The molecule has 0 aliphatic rings. The molecule has 0 aromatic rings. The molecule has 0 aliphatic carbocycles. The van der Waals surface area contributed by atoms with Gasteiger partial charge in [-0.1, -0.05) is 43.2 Å². The van der Waals surface area contributed by atoms with Gasteiger partial charge in [-0.05, 0) is 55.4 Å². The molecule has 0 aliphatic heterocycles. The Hall–Kier alpha value is 2.56. The SMILES string of the molecule is CC(C)(CCl)SSC(C)(C)CCl.CC(C)(Cl)CSSCC(C)(C)Cl. The minimum absolute atomic E-state index is 0.103. The molecule has 0 radical (unpaired) electrons. The molecule has 0 saturated heterocycles. The van der Waals surface area contributed by atoms with Crippen LogP contribution in [0.4, 0.5) is 0 Å². The first-order valence-electron chi connectivity index (χ1n) is 7.65. The average Bonchev–Trinajstić information content (AvgIpc) is 2.41. The minimum Gasteiger partial charge on any atom is -0.125 e. The van der Waals surface area contributed by atoms with Gasteiger partial charge in [-0.3, -0.25) is 0 Å². The second kappa shape index (κ2) is 12.9. The minimum atomic E-state index is -0.103. The third-order valence-corrected chi connectivity index (χ3v) is 11.5. The lowest BCUT2D eigenvalue weighted by Crippen LogP contribution is -2.20. The van der Waals surface area contributed by atoms with Gasteiger partial charge in [0.25, 0.3) is 0 Å². The van der Waals surface area contributed by atoms with Crippen LogP contribution in [0.2, 0.25) is 0 Å². The van der Waals surface area contributed by atoms with Crippen molar-refractivity contribution in [2.45, 2.75) is 74.6 Å². The Morgan fingerprint density at radius 3 is 1.00 bits per heavy atom. The summed E-state index contributed by atoms with van der Waals surface area (Å²) in [5.41, 5.74) is 0. The van der Waals surface area contributed by atoms with Crippen molar-refractivity contribution in [3.63, 3.8) is 0 Å². The maximum atomic E-state index is 6.02. The van der Waals surface area contributed by atoms with Crippen LogP contribution in [0.3, 0.4) is 0 Å². The van der Waals surface area contributed by atoms with Crippen LogP contribution in [-0.2, 0) is 0 Å². The Morgan fingerprint density at radius 1 is 0.583 bits per heavy atom. The molecule has 0 spiro atoms. The van der Waals surface area contributed by atoms with E-state index in [-0.39, 0.29) is 19.2 Å². The van der Waals surface area contributed by atoms with Crippen LogP contribution in [0.5, 0.6) is 0 Å². The number of alkyl halides is 4. The molecule has 0 amide bonds. The van der Waals surface area contributed by atoms with Gasteiger partial charge < -0.3 is 0 Å². The van der Waals surface area contributed by atoms with Crippen LogP contribution < -0.4 is 0 Å². The molecular weight excluding hydrogens is 462 g/mol. The molecule has 0 aromatic carbocycles. The number of hydrogen-bond acceptors (Lipinski definition) is 4. The zero-order valence-corrected chi connectivity index (χ0v) is 22.3. The number of rotatable bonds is 10. The highest BCUT2D eigenvalue weighted by Gasteiger charge is 2.24. The molecule has 24 heavy (non-hydrogen) atoms. The Bertz CT molecular complexity index is 291. The predicted octanol–water partition coefficient (Wildman–Crippen LogP) is 8.81. The van der Waals surface area contributed by atoms with E-state index in [4.69, 9.17) is 46.4 Å². The summed E-state index contributed by atoms with van der Waals surface area (Å²) in [7, 11) is 7.20. The monoisotopic (exact) mass is 492 g/mol. The predicted molar refractivity (Wildman–Crippen MR) is 130 cm³/mol. The van der Waals surface area contributed by atoms with E-state index in [0.717, 1.165) is 11.5 Å². The topological polar surface area (TPSA) is 0 Å². The fourth-order valence-electron chi connectivity index (χ4n) is 0.634. The smallest absolute Gasteiger partial charge is 0.0489 e. The molecule has 0 nitrogen and oxygen atoms in total. The summed E-state index contributed by atoms with van der Waals surface area (Å²) < 4.78 is 0.269. The Kier molecular flexibility index (Phi) is 15.5. The molecular formula is C16H32Cl4S4. The van der Waals surface area contributed by atoms with Gasteiger partial charge in [-0.15, -0.1) is 46.4 Å². The maximum Gasteiger partial charge on any atom is 0.0489 e. The van der Waals surface area contributed by atoms with Crippen LogP contribution in [-0.4, -0.2) is 42.5 Å². The molecule has 0 atom stereocenters. The van der Waals surface area contributed by atoms with Crippen molar-refractivity contribution in [2.24, 2.45) is 0 Å². The van der Waals surface area contributed by atoms with Gasteiger partial charge in [0.15, 0.2) is 0 Å². The van der Waals surface area contributed by atoms with E-state index >= 15 is 0 Å². The molecule has 0 fully saturated rings. The molecule has 0 saturated carbocycles. The fraction of sp³-hybridized carbons (Fsp3) is 1.00. The Morgan fingerprint density at radius 2 is 0.833 bits per heavy atom. The molecule has 8 heteroatoms. The fourth-order valence-corrected chi connectivity index (χ4v) is 7.31. The van der Waals surface area contributed by atoms with Crippen molar-refractivity contribution in [2.75, 3.05) is 23.3 Å². The van der Waals surface area contributed by atoms with Crippen molar-refractivity contribution >= 4 is 89.6 Å². The third kappa shape index (κ3) is 22.6. The normalized spacial score (nSPS) is 13.5. The van der Waals surface area contributed by atoms with Crippen molar-refractivity contribution in [3.05, 3.63) is 0 Å². The summed E-state index contributed by atoms with van der Waals surface area (Å²) in [5, 5.41) is 0. The highest BCUT2D eigenvalue weighted by atomic mass is 35.5. The largest absolute Gasteiger partial charge is 0.125 e. The van der Waals surface area contributed by atoms with Crippen LogP contribution in [0.25, 0.3) is 0 Å². The van der Waals surface area contributed by atoms with Crippen molar-refractivity contribution < 1.29 is 0 Å². The number of halogens is 4. The second-order valence-corrected chi connectivity index (χ2v) is 16.5. The average molecular weight is 495 g/mol. The lowest BCUT2D eigenvalue weighted by atomic mass is 10.2. The zero-order chi connectivity index (χ0) is 19.7. The van der Waals surface area contributed by atoms with Gasteiger partial charge >= 0.3 is 0 Å². The van der Waals surface area contributed by atoms with Crippen LogP contribution >= 0.6 is 89.6 Å². The van der Waals surface area contributed by atoms with Gasteiger partial charge in [-0.2, -0.15) is 0 Å². The molecule has 0 unspecified atom stereocenters. The van der Waals surface area contributed by atoms with Crippen LogP contribution in [0, 0.1) is 0 Å². The second-order valence-electron chi connectivity index (χ2n) is 7.92. The van der Waals surface area contributed by atoms with Gasteiger partial charge in [0, 0.05) is 42.5 Å².